The largest absolute Gasteiger partial charge is 0.496 e. The number of carbonyl (C=O) groups is 3. The van der Waals surface area contributed by atoms with Gasteiger partial charge in [-0.05, 0) is 67.4 Å². The fourth-order valence-electron chi connectivity index (χ4n) is 3.81. The lowest BCUT2D eigenvalue weighted by molar-refractivity contribution is -0.141. The van der Waals surface area contributed by atoms with Crippen LogP contribution in [0.2, 0.25) is 0 Å². The second-order valence-corrected chi connectivity index (χ2v) is 9.19. The number of urea groups is 1. The quantitative estimate of drug-likeness (QED) is 0.150. The summed E-state index contributed by atoms with van der Waals surface area (Å²) in [6.07, 6.45) is 4.92. The zero-order valence-electron chi connectivity index (χ0n) is 23.2. The lowest BCUT2D eigenvalue weighted by atomic mass is 10.1. The molecule has 0 spiro atoms. The first-order valence-electron chi connectivity index (χ1n) is 13.0. The van der Waals surface area contributed by atoms with Gasteiger partial charge < -0.3 is 34.6 Å². The Labute approximate surface area is 242 Å². The minimum Gasteiger partial charge on any atom is -0.496 e. The van der Waals surface area contributed by atoms with E-state index in [-0.39, 0.29) is 12.6 Å². The molecule has 0 radical (unpaired) electrons. The number of oxazole rings is 1. The Morgan fingerprint density at radius 1 is 0.976 bits per heavy atom. The molecule has 3 aromatic carbocycles. The second kappa shape index (κ2) is 14.2. The van der Waals surface area contributed by atoms with Gasteiger partial charge in [0.25, 0.3) is 0 Å². The number of ether oxygens (including phenoxy) is 3. The number of nitrogens with zero attached hydrogens (tertiary/aromatic N) is 1. The highest BCUT2D eigenvalue weighted by Gasteiger charge is 2.12. The number of amides is 3. The molecule has 0 aliphatic rings. The molecule has 0 bridgehead atoms. The van der Waals surface area contributed by atoms with E-state index in [0.29, 0.717) is 39.8 Å². The van der Waals surface area contributed by atoms with Gasteiger partial charge in [-0.2, -0.15) is 0 Å². The van der Waals surface area contributed by atoms with Crippen molar-refractivity contribution in [3.8, 4) is 22.8 Å². The molecule has 0 unspecified atom stereocenters. The normalized spacial score (nSPS) is 10.8. The van der Waals surface area contributed by atoms with Gasteiger partial charge in [-0.1, -0.05) is 24.3 Å². The molecule has 0 aliphatic carbocycles. The summed E-state index contributed by atoms with van der Waals surface area (Å²) in [7, 11) is 1.53. The maximum absolute atomic E-state index is 12.6. The number of methoxy groups -OCH3 is 1. The number of nitrogens with one attached hydrogen (secondary N) is 3. The maximum Gasteiger partial charge on any atom is 0.412 e. The summed E-state index contributed by atoms with van der Waals surface area (Å²) in [6.45, 7) is 3.70. The summed E-state index contributed by atoms with van der Waals surface area (Å²) in [6, 6.07) is 18.4. The van der Waals surface area contributed by atoms with E-state index in [2.05, 4.69) is 20.9 Å². The number of aromatic nitrogens is 1. The van der Waals surface area contributed by atoms with Crippen LogP contribution in [0.3, 0.4) is 0 Å². The first kappa shape index (κ1) is 29.4. The molecule has 0 aliphatic heterocycles. The minimum absolute atomic E-state index is 0.164. The number of hydrogen-bond donors (Lipinski definition) is 3. The van der Waals surface area contributed by atoms with Gasteiger partial charge in [0.05, 0.1) is 25.0 Å². The Morgan fingerprint density at radius 2 is 1.76 bits per heavy atom. The van der Waals surface area contributed by atoms with Gasteiger partial charge in [0, 0.05) is 30.1 Å². The van der Waals surface area contributed by atoms with Crippen LogP contribution in [0.1, 0.15) is 25.0 Å². The third kappa shape index (κ3) is 8.71. The SMILES string of the molecule is COc1cc(NC(=O)Nc2cccc(CNC(=O)Oc3cccc(C=CC(=O)OC(C)C)c3)c2)ccc1-c1cnco1. The number of carbonyl (C=O) groups excluding carboxylic acids is 3. The van der Waals surface area contributed by atoms with Gasteiger partial charge >= 0.3 is 18.1 Å². The van der Waals surface area contributed by atoms with Crippen molar-refractivity contribution in [2.75, 3.05) is 17.7 Å². The van der Waals surface area contributed by atoms with Gasteiger partial charge in [-0.25, -0.2) is 19.4 Å². The van der Waals surface area contributed by atoms with Crippen molar-refractivity contribution < 1.29 is 33.0 Å². The summed E-state index contributed by atoms with van der Waals surface area (Å²) < 4.78 is 21.2. The van der Waals surface area contributed by atoms with Gasteiger partial charge in [0.15, 0.2) is 12.2 Å². The van der Waals surface area contributed by atoms with E-state index in [4.69, 9.17) is 18.6 Å². The van der Waals surface area contributed by atoms with Gasteiger partial charge in [-0.3, -0.25) is 0 Å². The zero-order valence-corrected chi connectivity index (χ0v) is 23.2. The lowest BCUT2D eigenvalue weighted by Crippen LogP contribution is -2.26. The minimum atomic E-state index is -0.658. The van der Waals surface area contributed by atoms with E-state index in [1.807, 2.05) is 0 Å². The first-order chi connectivity index (χ1) is 20.3. The van der Waals surface area contributed by atoms with Crippen LogP contribution in [-0.2, 0) is 16.1 Å². The molecule has 1 aromatic heterocycles. The number of anilines is 2. The van der Waals surface area contributed by atoms with E-state index in [9.17, 15) is 14.4 Å². The van der Waals surface area contributed by atoms with Crippen molar-refractivity contribution in [3.05, 3.63) is 96.5 Å². The first-order valence-corrected chi connectivity index (χ1v) is 13.0. The molecule has 4 rings (SSSR count). The van der Waals surface area contributed by atoms with Crippen molar-refractivity contribution in [1.82, 2.24) is 10.3 Å². The van der Waals surface area contributed by atoms with Crippen LogP contribution < -0.4 is 25.4 Å². The molecular weight excluding hydrogens is 540 g/mol. The average molecular weight is 571 g/mol. The fraction of sp³-hybridized carbons (Fsp3) is 0.161. The van der Waals surface area contributed by atoms with Crippen LogP contribution >= 0.6 is 0 Å². The molecule has 3 amide bonds. The molecule has 42 heavy (non-hydrogen) atoms. The Balaban J connectivity index is 1.28. The van der Waals surface area contributed by atoms with Crippen molar-refractivity contribution >= 4 is 35.5 Å². The molecule has 11 nitrogen and oxygen atoms in total. The molecule has 3 N–H and O–H groups in total. The predicted molar refractivity (Wildman–Crippen MR) is 157 cm³/mol. The van der Waals surface area contributed by atoms with E-state index >= 15 is 0 Å². The van der Waals surface area contributed by atoms with Crippen LogP contribution in [0.15, 0.2) is 89.8 Å². The van der Waals surface area contributed by atoms with Crippen LogP contribution in [0, 0.1) is 0 Å². The molecule has 1 heterocycles. The Morgan fingerprint density at radius 3 is 2.50 bits per heavy atom. The predicted octanol–water partition coefficient (Wildman–Crippen LogP) is 6.25. The molecule has 4 aromatic rings. The maximum atomic E-state index is 12.6. The number of hydrogen-bond acceptors (Lipinski definition) is 8. The molecule has 0 fully saturated rings. The number of esters is 1. The third-order valence-electron chi connectivity index (χ3n) is 5.61. The standard InChI is InChI=1S/C31H30N4O7/c1-20(2)41-29(36)13-10-21-6-5-9-25(15-21)42-31(38)33-17-22-7-4-8-23(14-22)34-30(37)35-24-11-12-26(27(16-24)39-3)28-18-32-19-40-28/h4-16,18-20H,17H2,1-3H3,(H,33,38)(H2,34,35,37). The lowest BCUT2D eigenvalue weighted by Gasteiger charge is -2.12. The monoisotopic (exact) mass is 570 g/mol. The highest BCUT2D eigenvalue weighted by molar-refractivity contribution is 6.00. The summed E-state index contributed by atoms with van der Waals surface area (Å²) in [5, 5.41) is 8.22. The van der Waals surface area contributed by atoms with Crippen LogP contribution in [0.5, 0.6) is 11.5 Å². The van der Waals surface area contributed by atoms with Gasteiger partial charge in [0.1, 0.15) is 11.5 Å². The fourth-order valence-corrected chi connectivity index (χ4v) is 3.81. The highest BCUT2D eigenvalue weighted by Crippen LogP contribution is 2.32. The summed E-state index contributed by atoms with van der Waals surface area (Å²) in [4.78, 5) is 40.6. The van der Waals surface area contributed by atoms with E-state index < -0.39 is 18.1 Å². The Bertz CT molecular complexity index is 1570. The van der Waals surface area contributed by atoms with Gasteiger partial charge in [0.2, 0.25) is 0 Å². The smallest absolute Gasteiger partial charge is 0.412 e. The van der Waals surface area contributed by atoms with Crippen molar-refractivity contribution in [3.63, 3.8) is 0 Å². The Hall–Kier alpha value is -5.58. The number of benzene rings is 3. The molecule has 11 heteroatoms. The summed E-state index contributed by atoms with van der Waals surface area (Å²) in [5.74, 6) is 0.910. The van der Waals surface area contributed by atoms with Crippen LogP contribution in [0.4, 0.5) is 21.0 Å². The number of rotatable bonds is 10. The summed E-state index contributed by atoms with van der Waals surface area (Å²) in [5.41, 5.74) is 3.16. The van der Waals surface area contributed by atoms with Crippen LogP contribution in [0.25, 0.3) is 17.4 Å². The van der Waals surface area contributed by atoms with E-state index in [1.54, 1.807) is 92.9 Å². The molecule has 0 atom stereocenters. The van der Waals surface area contributed by atoms with E-state index in [0.717, 1.165) is 5.56 Å². The Kier molecular flexibility index (Phi) is 9.92. The van der Waals surface area contributed by atoms with Crippen molar-refractivity contribution in [2.24, 2.45) is 0 Å². The zero-order chi connectivity index (χ0) is 29.9. The van der Waals surface area contributed by atoms with Crippen LogP contribution in [-0.4, -0.2) is 36.3 Å². The highest BCUT2D eigenvalue weighted by atomic mass is 16.6. The average Bonchev–Trinajstić information content (AvgIpc) is 3.50. The topological polar surface area (TPSA) is 141 Å². The molecular formula is C31H30N4O7. The molecule has 0 saturated heterocycles. The molecule has 216 valence electrons. The summed E-state index contributed by atoms with van der Waals surface area (Å²) >= 11 is 0. The van der Waals surface area contributed by atoms with E-state index in [1.165, 1.54) is 19.6 Å². The molecule has 0 saturated carbocycles. The second-order valence-electron chi connectivity index (χ2n) is 9.19. The third-order valence-corrected chi connectivity index (χ3v) is 5.61. The van der Waals surface area contributed by atoms with Crippen molar-refractivity contribution in [1.29, 1.82) is 0 Å². The van der Waals surface area contributed by atoms with Gasteiger partial charge in [-0.15, -0.1) is 0 Å². The van der Waals surface area contributed by atoms with Crippen molar-refractivity contribution in [2.45, 2.75) is 26.5 Å².